The van der Waals surface area contributed by atoms with Gasteiger partial charge in [-0.2, -0.15) is 5.10 Å². The van der Waals surface area contributed by atoms with Gasteiger partial charge in [-0.3, -0.25) is 4.79 Å². The Kier molecular flexibility index (Phi) is 5.21. The van der Waals surface area contributed by atoms with E-state index in [0.717, 1.165) is 10.9 Å². The second kappa shape index (κ2) is 7.08. The van der Waals surface area contributed by atoms with Gasteiger partial charge in [0, 0.05) is 12.0 Å². The second-order valence-electron chi connectivity index (χ2n) is 7.33. The fourth-order valence-corrected chi connectivity index (χ4v) is 3.36. The molecule has 0 spiro atoms. The summed E-state index contributed by atoms with van der Waals surface area (Å²) < 4.78 is 6.78. The summed E-state index contributed by atoms with van der Waals surface area (Å²) in [5, 5.41) is 3.97. The van der Waals surface area contributed by atoms with Crippen molar-refractivity contribution in [2.45, 2.75) is 38.5 Å². The van der Waals surface area contributed by atoms with Gasteiger partial charge in [0.2, 0.25) is 5.91 Å². The van der Waals surface area contributed by atoms with Crippen LogP contribution in [0.25, 0.3) is 0 Å². The zero-order chi connectivity index (χ0) is 18.2. The van der Waals surface area contributed by atoms with Crippen molar-refractivity contribution in [2.75, 3.05) is 0 Å². The number of benzene rings is 1. The van der Waals surface area contributed by atoms with Crippen LogP contribution in [0.3, 0.4) is 0 Å². The van der Waals surface area contributed by atoms with E-state index in [1.807, 2.05) is 0 Å². The second-order valence-corrected chi connectivity index (χ2v) is 8.90. The summed E-state index contributed by atoms with van der Waals surface area (Å²) in [5.74, 6) is 0.791. The topological polar surface area (TPSA) is 54.6 Å². The number of amides is 1. The summed E-state index contributed by atoms with van der Waals surface area (Å²) in [4.78, 5) is 12.2. The summed E-state index contributed by atoms with van der Waals surface area (Å²) in [6.45, 7) is 6.59. The molecule has 1 amide bonds. The van der Waals surface area contributed by atoms with Crippen LogP contribution < -0.4 is 5.43 Å². The van der Waals surface area contributed by atoms with Crippen molar-refractivity contribution in [1.82, 2.24) is 5.43 Å². The van der Waals surface area contributed by atoms with Crippen molar-refractivity contribution in [2.24, 2.45) is 11.0 Å². The molecule has 6 heteroatoms. The molecule has 0 saturated heterocycles. The maximum Gasteiger partial charge on any atom is 0.243 e. The molecule has 1 aliphatic carbocycles. The van der Waals surface area contributed by atoms with Gasteiger partial charge < -0.3 is 4.42 Å². The number of hydrogen-bond donors (Lipinski definition) is 1. The first-order valence-corrected chi connectivity index (χ1v) is 9.72. The average Bonchev–Trinajstić information content (AvgIpc) is 3.28. The minimum atomic E-state index is -0.0502. The third-order valence-electron chi connectivity index (χ3n) is 4.36. The number of nitrogens with one attached hydrogen (secondary N) is 1. The van der Waals surface area contributed by atoms with Crippen molar-refractivity contribution in [3.05, 3.63) is 56.4 Å². The minimum absolute atomic E-state index is 0.00675. The zero-order valence-corrected chi connectivity index (χ0v) is 17.5. The SMILES string of the molecule is CC(C)(C)c1ccc([C@H]2C[C@H]2C(=O)N/N=C/c2cc(Br)c(Br)o2)cc1. The Morgan fingerprint density at radius 2 is 1.96 bits per heavy atom. The Morgan fingerprint density at radius 1 is 1.28 bits per heavy atom. The van der Waals surface area contributed by atoms with E-state index in [4.69, 9.17) is 4.42 Å². The summed E-state index contributed by atoms with van der Waals surface area (Å²) in [7, 11) is 0. The van der Waals surface area contributed by atoms with E-state index in [9.17, 15) is 4.79 Å². The Bertz CT molecular complexity index is 784. The van der Waals surface area contributed by atoms with Gasteiger partial charge in [-0.05, 0) is 60.7 Å². The Morgan fingerprint density at radius 3 is 2.52 bits per heavy atom. The van der Waals surface area contributed by atoms with Crippen molar-refractivity contribution < 1.29 is 9.21 Å². The van der Waals surface area contributed by atoms with Crippen molar-refractivity contribution in [3.8, 4) is 0 Å². The Balaban J connectivity index is 1.55. The lowest BCUT2D eigenvalue weighted by atomic mass is 9.86. The quantitative estimate of drug-likeness (QED) is 0.486. The molecule has 1 heterocycles. The van der Waals surface area contributed by atoms with E-state index in [2.05, 4.69) is 87.4 Å². The van der Waals surface area contributed by atoms with Gasteiger partial charge >= 0.3 is 0 Å². The van der Waals surface area contributed by atoms with Gasteiger partial charge in [-0.15, -0.1) is 0 Å². The Labute approximate surface area is 164 Å². The monoisotopic (exact) mass is 466 g/mol. The van der Waals surface area contributed by atoms with E-state index in [1.54, 1.807) is 6.07 Å². The van der Waals surface area contributed by atoms with E-state index in [-0.39, 0.29) is 23.2 Å². The van der Waals surface area contributed by atoms with Crippen molar-refractivity contribution in [1.29, 1.82) is 0 Å². The highest BCUT2D eigenvalue weighted by Crippen LogP contribution is 2.47. The van der Waals surface area contributed by atoms with Crippen LogP contribution in [0.4, 0.5) is 0 Å². The molecule has 25 heavy (non-hydrogen) atoms. The lowest BCUT2D eigenvalue weighted by Gasteiger charge is -2.19. The highest BCUT2D eigenvalue weighted by molar-refractivity contribution is 9.13. The first-order chi connectivity index (χ1) is 11.8. The van der Waals surface area contributed by atoms with Crippen LogP contribution in [0.2, 0.25) is 0 Å². The van der Waals surface area contributed by atoms with Crippen LogP contribution in [0.15, 0.2) is 49.0 Å². The van der Waals surface area contributed by atoms with E-state index in [0.29, 0.717) is 10.4 Å². The molecule has 1 N–H and O–H groups in total. The number of furan rings is 1. The molecule has 1 aromatic heterocycles. The number of rotatable bonds is 4. The molecular weight excluding hydrogens is 448 g/mol. The van der Waals surface area contributed by atoms with Crippen LogP contribution >= 0.6 is 31.9 Å². The maximum atomic E-state index is 12.2. The van der Waals surface area contributed by atoms with E-state index < -0.39 is 0 Å². The molecule has 0 aliphatic heterocycles. The molecule has 2 atom stereocenters. The van der Waals surface area contributed by atoms with Crippen molar-refractivity contribution in [3.63, 3.8) is 0 Å². The highest BCUT2D eigenvalue weighted by Gasteiger charge is 2.44. The summed E-state index contributed by atoms with van der Waals surface area (Å²) in [6, 6.07) is 10.4. The number of nitrogens with zero attached hydrogens (tertiary/aromatic N) is 1. The number of carbonyl (C=O) groups excluding carboxylic acids is 1. The van der Waals surface area contributed by atoms with Gasteiger partial charge in [0.1, 0.15) is 5.76 Å². The molecular formula is C19H20Br2N2O2. The molecule has 132 valence electrons. The zero-order valence-electron chi connectivity index (χ0n) is 14.3. The molecule has 1 fully saturated rings. The molecule has 0 unspecified atom stereocenters. The number of halogens is 2. The number of carbonyl (C=O) groups is 1. The maximum absolute atomic E-state index is 12.2. The van der Waals surface area contributed by atoms with E-state index >= 15 is 0 Å². The first-order valence-electron chi connectivity index (χ1n) is 8.14. The molecule has 1 aliphatic rings. The van der Waals surface area contributed by atoms with Crippen LogP contribution in [0.5, 0.6) is 0 Å². The van der Waals surface area contributed by atoms with Crippen LogP contribution in [0, 0.1) is 5.92 Å². The molecule has 2 aromatic rings. The fraction of sp³-hybridized carbons (Fsp3) is 0.368. The van der Waals surface area contributed by atoms with E-state index in [1.165, 1.54) is 17.3 Å². The summed E-state index contributed by atoms with van der Waals surface area (Å²) in [6.07, 6.45) is 2.36. The molecule has 1 saturated carbocycles. The number of hydrazone groups is 1. The van der Waals surface area contributed by atoms with Gasteiger partial charge in [0.25, 0.3) is 0 Å². The lowest BCUT2D eigenvalue weighted by Crippen LogP contribution is -2.20. The lowest BCUT2D eigenvalue weighted by molar-refractivity contribution is -0.122. The largest absolute Gasteiger partial charge is 0.447 e. The third kappa shape index (κ3) is 4.42. The third-order valence-corrected chi connectivity index (χ3v) is 6.07. The average molecular weight is 468 g/mol. The number of hydrogen-bond acceptors (Lipinski definition) is 3. The van der Waals surface area contributed by atoms with Gasteiger partial charge in [0.05, 0.1) is 10.7 Å². The predicted molar refractivity (Wildman–Crippen MR) is 106 cm³/mol. The Hall–Kier alpha value is -1.40. The molecule has 4 nitrogen and oxygen atoms in total. The van der Waals surface area contributed by atoms with Crippen molar-refractivity contribution >= 4 is 44.0 Å². The molecule has 3 rings (SSSR count). The van der Waals surface area contributed by atoms with Gasteiger partial charge in [0.15, 0.2) is 4.67 Å². The standard InChI is InChI=1S/C19H20Br2N2O2/c1-19(2,3)12-6-4-11(5-7-12)14-9-15(14)18(24)23-22-10-13-8-16(20)17(21)25-13/h4-8,10,14-15H,9H2,1-3H3,(H,23,24)/b22-10+/t14-,15-/m1/s1. The summed E-state index contributed by atoms with van der Waals surface area (Å²) >= 11 is 6.59. The van der Waals surface area contributed by atoms with Gasteiger partial charge in [-0.1, -0.05) is 45.0 Å². The van der Waals surface area contributed by atoms with Crippen LogP contribution in [-0.2, 0) is 10.2 Å². The minimum Gasteiger partial charge on any atom is -0.447 e. The van der Waals surface area contributed by atoms with Gasteiger partial charge in [-0.25, -0.2) is 5.43 Å². The molecule has 1 aromatic carbocycles. The highest BCUT2D eigenvalue weighted by atomic mass is 79.9. The summed E-state index contributed by atoms with van der Waals surface area (Å²) in [5.41, 5.74) is 5.26. The molecule has 0 radical (unpaired) electrons. The fourth-order valence-electron chi connectivity index (χ4n) is 2.75. The first kappa shape index (κ1) is 18.4. The van der Waals surface area contributed by atoms with Crippen LogP contribution in [0.1, 0.15) is 50.0 Å². The normalized spacial score (nSPS) is 20.0. The smallest absolute Gasteiger partial charge is 0.243 e. The predicted octanol–water partition coefficient (Wildman–Crippen LogP) is 5.36. The van der Waals surface area contributed by atoms with Crippen LogP contribution in [-0.4, -0.2) is 12.1 Å². The molecule has 0 bridgehead atoms.